The molecule has 1 heterocycles. The van der Waals surface area contributed by atoms with E-state index < -0.39 is 0 Å². The van der Waals surface area contributed by atoms with Crippen molar-refractivity contribution in [1.29, 1.82) is 0 Å². The molecule has 1 aliphatic rings. The monoisotopic (exact) mass is 670 g/mol. The fourth-order valence-corrected chi connectivity index (χ4v) is 6.28. The number of ether oxygens (including phenoxy) is 2. The summed E-state index contributed by atoms with van der Waals surface area (Å²) in [5, 5.41) is 11.1. The Hall–Kier alpha value is -1.56. The largest absolute Gasteiger partial charge is 0.506 e. The van der Waals surface area contributed by atoms with Crippen molar-refractivity contribution in [2.45, 2.75) is 25.7 Å². The minimum absolute atomic E-state index is 0.0221. The summed E-state index contributed by atoms with van der Waals surface area (Å²) in [4.78, 5) is 4.94. The van der Waals surface area contributed by atoms with Gasteiger partial charge in [0, 0.05) is 35.3 Å². The number of phenolic OH excluding ortho intramolecular Hbond substituents is 1. The topological polar surface area (TPSA) is 45.2 Å². The van der Waals surface area contributed by atoms with Crippen LogP contribution in [0.25, 0.3) is 0 Å². The molecule has 0 saturated carbocycles. The number of rotatable bonds is 7. The summed E-state index contributed by atoms with van der Waals surface area (Å²) in [5.74, 6) is 2.10. The first-order valence-corrected chi connectivity index (χ1v) is 13.1. The van der Waals surface area contributed by atoms with Crippen LogP contribution in [-0.2, 0) is 13.1 Å². The summed E-state index contributed by atoms with van der Waals surface area (Å²) in [7, 11) is 3.38. The normalized spacial score (nSPS) is 15.5. The number of hydrogen-bond donors (Lipinski definition) is 1. The SMILES string of the molecule is COc1ccc(CN2CCCN(Cc3ccc(OC)cc3)C2c2cc(I)cc(I)c2O)cc1. The van der Waals surface area contributed by atoms with Gasteiger partial charge in [-0.3, -0.25) is 9.80 Å². The highest BCUT2D eigenvalue weighted by atomic mass is 127. The van der Waals surface area contributed by atoms with Crippen molar-refractivity contribution in [2.75, 3.05) is 27.3 Å². The molecular formula is C26H28I2N2O3. The van der Waals surface area contributed by atoms with Gasteiger partial charge in [-0.05, 0) is 99.1 Å². The predicted molar refractivity (Wildman–Crippen MR) is 148 cm³/mol. The first-order valence-electron chi connectivity index (χ1n) is 10.9. The second kappa shape index (κ2) is 11.2. The molecule has 4 rings (SSSR count). The van der Waals surface area contributed by atoms with Crippen molar-refractivity contribution in [3.63, 3.8) is 0 Å². The average molecular weight is 670 g/mol. The zero-order valence-electron chi connectivity index (χ0n) is 18.8. The first-order chi connectivity index (χ1) is 16.0. The maximum atomic E-state index is 11.1. The molecule has 0 unspecified atom stereocenters. The number of nitrogens with zero attached hydrogens (tertiary/aromatic N) is 2. The van der Waals surface area contributed by atoms with E-state index in [0.29, 0.717) is 5.75 Å². The molecule has 5 nitrogen and oxygen atoms in total. The van der Waals surface area contributed by atoms with Gasteiger partial charge in [0.25, 0.3) is 0 Å². The molecule has 1 N–H and O–H groups in total. The van der Waals surface area contributed by atoms with Crippen LogP contribution in [0.15, 0.2) is 60.7 Å². The molecule has 7 heteroatoms. The van der Waals surface area contributed by atoms with Gasteiger partial charge in [0.15, 0.2) is 0 Å². The Kier molecular flexibility index (Phi) is 8.37. The quantitative estimate of drug-likeness (QED) is 0.312. The first kappa shape index (κ1) is 24.6. The minimum Gasteiger partial charge on any atom is -0.506 e. The lowest BCUT2D eigenvalue weighted by atomic mass is 10.0. The van der Waals surface area contributed by atoms with E-state index in [-0.39, 0.29) is 6.17 Å². The van der Waals surface area contributed by atoms with Crippen molar-refractivity contribution >= 4 is 45.2 Å². The van der Waals surface area contributed by atoms with Gasteiger partial charge in [-0.25, -0.2) is 0 Å². The number of benzene rings is 3. The average Bonchev–Trinajstić information content (AvgIpc) is 2.83. The van der Waals surface area contributed by atoms with Crippen molar-refractivity contribution < 1.29 is 14.6 Å². The molecule has 0 bridgehead atoms. The Morgan fingerprint density at radius 1 is 0.818 bits per heavy atom. The van der Waals surface area contributed by atoms with E-state index in [0.717, 1.165) is 56.8 Å². The Bertz CT molecular complexity index is 1020. The molecular weight excluding hydrogens is 642 g/mol. The van der Waals surface area contributed by atoms with Gasteiger partial charge in [-0.2, -0.15) is 0 Å². The lowest BCUT2D eigenvalue weighted by Gasteiger charge is -2.44. The summed E-state index contributed by atoms with van der Waals surface area (Å²) >= 11 is 4.57. The number of phenols is 1. The van der Waals surface area contributed by atoms with E-state index >= 15 is 0 Å². The lowest BCUT2D eigenvalue weighted by Crippen LogP contribution is -2.47. The van der Waals surface area contributed by atoms with E-state index in [4.69, 9.17) is 9.47 Å². The Morgan fingerprint density at radius 2 is 1.30 bits per heavy atom. The van der Waals surface area contributed by atoms with E-state index in [9.17, 15) is 5.11 Å². The van der Waals surface area contributed by atoms with E-state index in [1.165, 1.54) is 11.1 Å². The standard InChI is InChI=1S/C26H28I2N2O3/c1-32-21-8-4-18(5-9-21)16-29-12-3-13-30(17-19-6-10-22(33-2)11-7-19)26(29)23-14-20(27)15-24(28)25(23)31/h4-11,14-15,26,31H,3,12-13,16-17H2,1-2H3. The van der Waals surface area contributed by atoms with Gasteiger partial charge in [0.2, 0.25) is 0 Å². The highest BCUT2D eigenvalue weighted by Gasteiger charge is 2.33. The molecule has 0 spiro atoms. The lowest BCUT2D eigenvalue weighted by molar-refractivity contribution is -0.0104. The minimum atomic E-state index is -0.0221. The molecule has 0 atom stereocenters. The van der Waals surface area contributed by atoms with Crippen molar-refractivity contribution in [2.24, 2.45) is 0 Å². The summed E-state index contributed by atoms with van der Waals surface area (Å²) in [6.45, 7) is 3.54. The Morgan fingerprint density at radius 3 is 1.76 bits per heavy atom. The van der Waals surface area contributed by atoms with E-state index in [1.807, 2.05) is 30.3 Å². The number of halogens is 2. The van der Waals surface area contributed by atoms with Crippen LogP contribution in [-0.4, -0.2) is 42.2 Å². The van der Waals surface area contributed by atoms with Crippen LogP contribution < -0.4 is 9.47 Å². The zero-order chi connectivity index (χ0) is 23.4. The van der Waals surface area contributed by atoms with Gasteiger partial charge in [0.1, 0.15) is 17.2 Å². The van der Waals surface area contributed by atoms with E-state index in [2.05, 4.69) is 85.3 Å². The molecule has 1 fully saturated rings. The van der Waals surface area contributed by atoms with Gasteiger partial charge in [-0.1, -0.05) is 24.3 Å². The van der Waals surface area contributed by atoms with Crippen molar-refractivity contribution in [3.8, 4) is 17.2 Å². The zero-order valence-corrected chi connectivity index (χ0v) is 23.1. The molecule has 0 radical (unpaired) electrons. The molecule has 1 aliphatic heterocycles. The molecule has 3 aromatic carbocycles. The number of methoxy groups -OCH3 is 2. The Balaban J connectivity index is 1.68. The molecule has 174 valence electrons. The van der Waals surface area contributed by atoms with Crippen molar-refractivity contribution in [1.82, 2.24) is 9.80 Å². The van der Waals surface area contributed by atoms with Crippen LogP contribution in [0.1, 0.15) is 29.3 Å². The molecule has 3 aromatic rings. The van der Waals surface area contributed by atoms with Gasteiger partial charge >= 0.3 is 0 Å². The summed E-state index contributed by atoms with van der Waals surface area (Å²) < 4.78 is 12.7. The van der Waals surface area contributed by atoms with Gasteiger partial charge < -0.3 is 14.6 Å². The van der Waals surface area contributed by atoms with Crippen LogP contribution in [0.3, 0.4) is 0 Å². The number of aromatic hydroxyl groups is 1. The summed E-state index contributed by atoms with van der Waals surface area (Å²) in [6.07, 6.45) is 1.05. The molecule has 0 amide bonds. The maximum absolute atomic E-state index is 11.1. The third-order valence-electron chi connectivity index (χ3n) is 6.01. The molecule has 1 saturated heterocycles. The fourth-order valence-electron chi connectivity index (χ4n) is 4.39. The van der Waals surface area contributed by atoms with Crippen LogP contribution in [0.4, 0.5) is 0 Å². The van der Waals surface area contributed by atoms with Crippen LogP contribution in [0, 0.1) is 7.14 Å². The van der Waals surface area contributed by atoms with Gasteiger partial charge in [0.05, 0.1) is 24.0 Å². The number of hydrogen-bond acceptors (Lipinski definition) is 5. The second-order valence-corrected chi connectivity index (χ2v) is 10.6. The molecule has 0 aromatic heterocycles. The molecule has 0 aliphatic carbocycles. The predicted octanol–water partition coefficient (Wildman–Crippen LogP) is 6.03. The summed E-state index contributed by atoms with van der Waals surface area (Å²) in [6, 6.07) is 20.7. The van der Waals surface area contributed by atoms with Crippen LogP contribution >= 0.6 is 45.2 Å². The highest BCUT2D eigenvalue weighted by molar-refractivity contribution is 14.1. The molecule has 33 heavy (non-hydrogen) atoms. The third kappa shape index (κ3) is 5.93. The van der Waals surface area contributed by atoms with Crippen LogP contribution in [0.2, 0.25) is 0 Å². The maximum Gasteiger partial charge on any atom is 0.135 e. The van der Waals surface area contributed by atoms with E-state index in [1.54, 1.807) is 14.2 Å². The van der Waals surface area contributed by atoms with Crippen LogP contribution in [0.5, 0.6) is 17.2 Å². The second-order valence-electron chi connectivity index (χ2n) is 8.19. The smallest absolute Gasteiger partial charge is 0.135 e. The third-order valence-corrected chi connectivity index (χ3v) is 7.45. The van der Waals surface area contributed by atoms with Gasteiger partial charge in [-0.15, -0.1) is 0 Å². The summed E-state index contributed by atoms with van der Waals surface area (Å²) in [5.41, 5.74) is 3.42. The fraction of sp³-hybridized carbons (Fsp3) is 0.308. The highest BCUT2D eigenvalue weighted by Crippen LogP contribution is 2.39. The van der Waals surface area contributed by atoms with Crippen molar-refractivity contribution in [3.05, 3.63) is 84.5 Å². The Labute approximate surface area is 223 Å².